The van der Waals surface area contributed by atoms with Gasteiger partial charge in [0.05, 0.1) is 5.52 Å². The molecule has 1 aromatic heterocycles. The van der Waals surface area contributed by atoms with E-state index in [1.54, 1.807) is 7.05 Å². The number of nitrogens with zero attached hydrogens (tertiary/aromatic N) is 2. The van der Waals surface area contributed by atoms with E-state index in [4.69, 9.17) is 0 Å². The summed E-state index contributed by atoms with van der Waals surface area (Å²) in [5, 5.41) is 7.66. The van der Waals surface area contributed by atoms with Gasteiger partial charge in [-0.2, -0.15) is 0 Å². The molecular weight excluding hydrogens is 447 g/mol. The highest BCUT2D eigenvalue weighted by atomic mass is 127. The fourth-order valence-electron chi connectivity index (χ4n) is 2.28. The topological polar surface area (TPSA) is 66.4 Å². The molecule has 0 amide bonds. The van der Waals surface area contributed by atoms with E-state index in [-0.39, 0.29) is 28.7 Å². The maximum absolute atomic E-state index is 12.1. The Morgan fingerprint density at radius 2 is 1.92 bits per heavy atom. The summed E-state index contributed by atoms with van der Waals surface area (Å²) in [6, 6.07) is 10.1. The number of guanidine groups is 1. The minimum absolute atomic E-state index is 0. The maximum Gasteiger partial charge on any atom is 0.191 e. The Balaban J connectivity index is 0.00000312. The fraction of sp³-hybridized carbons (Fsp3) is 0.444. The van der Waals surface area contributed by atoms with Gasteiger partial charge in [-0.1, -0.05) is 18.2 Å². The molecule has 0 saturated heterocycles. The van der Waals surface area contributed by atoms with Gasteiger partial charge < -0.3 is 10.6 Å². The Kier molecular flexibility index (Phi) is 8.78. The molecule has 0 radical (unpaired) electrons. The van der Waals surface area contributed by atoms with Crippen molar-refractivity contribution < 1.29 is 4.21 Å². The summed E-state index contributed by atoms with van der Waals surface area (Å²) in [6.07, 6.45) is 1.82. The second-order valence-electron chi connectivity index (χ2n) is 6.50. The molecule has 25 heavy (non-hydrogen) atoms. The molecule has 1 atom stereocenters. The quantitative estimate of drug-likeness (QED) is 0.397. The zero-order valence-corrected chi connectivity index (χ0v) is 18.4. The van der Waals surface area contributed by atoms with Crippen LogP contribution in [0.3, 0.4) is 0 Å². The zero-order valence-electron chi connectivity index (χ0n) is 15.2. The molecule has 138 valence electrons. The summed E-state index contributed by atoms with van der Waals surface area (Å²) in [6.45, 7) is 7.26. The smallest absolute Gasteiger partial charge is 0.191 e. The molecule has 2 N–H and O–H groups in total. The molecule has 0 aliphatic carbocycles. The molecule has 0 aliphatic rings. The van der Waals surface area contributed by atoms with Crippen LogP contribution in [0.25, 0.3) is 10.9 Å². The molecule has 5 nitrogen and oxygen atoms in total. The van der Waals surface area contributed by atoms with Crippen molar-refractivity contribution in [3.8, 4) is 0 Å². The van der Waals surface area contributed by atoms with E-state index in [1.165, 1.54) is 5.56 Å². The van der Waals surface area contributed by atoms with Gasteiger partial charge in [0.2, 0.25) is 0 Å². The fourth-order valence-corrected chi connectivity index (χ4v) is 3.18. The van der Waals surface area contributed by atoms with Gasteiger partial charge in [-0.15, -0.1) is 24.0 Å². The second-order valence-corrected chi connectivity index (χ2v) is 8.83. The van der Waals surface area contributed by atoms with E-state index in [9.17, 15) is 4.21 Å². The molecule has 2 aromatic rings. The molecule has 1 unspecified atom stereocenters. The number of aromatic nitrogens is 1. The molecule has 0 spiro atoms. The minimum Gasteiger partial charge on any atom is -0.355 e. The summed E-state index contributed by atoms with van der Waals surface area (Å²) >= 11 is 0. The number of halogens is 1. The van der Waals surface area contributed by atoms with Crippen LogP contribution >= 0.6 is 24.0 Å². The van der Waals surface area contributed by atoms with Gasteiger partial charge >= 0.3 is 0 Å². The van der Waals surface area contributed by atoms with Gasteiger partial charge in [0.1, 0.15) is 0 Å². The number of para-hydroxylation sites is 1. The molecule has 0 aliphatic heterocycles. The number of rotatable bonds is 5. The highest BCUT2D eigenvalue weighted by Gasteiger charge is 2.18. The molecule has 2 rings (SSSR count). The van der Waals surface area contributed by atoms with E-state index in [0.29, 0.717) is 24.8 Å². The van der Waals surface area contributed by atoms with E-state index in [0.717, 1.165) is 10.9 Å². The Morgan fingerprint density at radius 3 is 2.60 bits per heavy atom. The zero-order chi connectivity index (χ0) is 17.6. The number of benzene rings is 1. The number of hydrogen-bond donors (Lipinski definition) is 2. The van der Waals surface area contributed by atoms with Crippen LogP contribution in [0.15, 0.2) is 41.5 Å². The lowest BCUT2D eigenvalue weighted by atomic mass is 10.1. The van der Waals surface area contributed by atoms with Gasteiger partial charge in [0.15, 0.2) is 5.96 Å². The van der Waals surface area contributed by atoms with Crippen LogP contribution in [0.1, 0.15) is 26.3 Å². The van der Waals surface area contributed by atoms with Crippen molar-refractivity contribution in [3.63, 3.8) is 0 Å². The Morgan fingerprint density at radius 1 is 1.20 bits per heavy atom. The van der Waals surface area contributed by atoms with Gasteiger partial charge in [-0.3, -0.25) is 14.2 Å². The van der Waals surface area contributed by atoms with E-state index >= 15 is 0 Å². The largest absolute Gasteiger partial charge is 0.355 e. The first-order chi connectivity index (χ1) is 11.4. The predicted octanol–water partition coefficient (Wildman–Crippen LogP) is 3.07. The normalized spacial score (nSPS) is 13.2. The number of fused-ring (bicyclic) bond motifs is 1. The van der Waals surface area contributed by atoms with Gasteiger partial charge in [-0.25, -0.2) is 0 Å². The van der Waals surface area contributed by atoms with Crippen LogP contribution in [0.5, 0.6) is 0 Å². The number of hydrogen-bond acceptors (Lipinski definition) is 3. The molecule has 0 saturated carbocycles. The molecule has 1 heterocycles. The van der Waals surface area contributed by atoms with Crippen molar-refractivity contribution in [2.24, 2.45) is 4.99 Å². The third kappa shape index (κ3) is 6.54. The summed E-state index contributed by atoms with van der Waals surface area (Å²) in [4.78, 5) is 8.60. The van der Waals surface area contributed by atoms with Crippen molar-refractivity contribution >= 4 is 51.6 Å². The first kappa shape index (κ1) is 21.8. The molecule has 0 fully saturated rings. The van der Waals surface area contributed by atoms with Crippen LogP contribution < -0.4 is 10.6 Å². The Hall–Kier alpha value is -1.22. The van der Waals surface area contributed by atoms with Crippen molar-refractivity contribution in [3.05, 3.63) is 42.1 Å². The van der Waals surface area contributed by atoms with Gasteiger partial charge in [0, 0.05) is 53.0 Å². The average molecular weight is 474 g/mol. The summed E-state index contributed by atoms with van der Waals surface area (Å²) in [5.74, 6) is 1.31. The standard InChI is InChI=1S/C18H26N4OS.HI/c1-18(2,3)24(23)12-11-21-17(19-4)22-13-14-9-10-20-16-8-6-5-7-15(14)16;/h5-10H,11-13H2,1-4H3,(H2,19,21,22);1H. The van der Waals surface area contributed by atoms with Crippen LogP contribution in [0.2, 0.25) is 0 Å². The highest BCUT2D eigenvalue weighted by Crippen LogP contribution is 2.15. The van der Waals surface area contributed by atoms with E-state index in [2.05, 4.69) is 26.7 Å². The monoisotopic (exact) mass is 474 g/mol. The van der Waals surface area contributed by atoms with Crippen molar-refractivity contribution in [2.75, 3.05) is 19.3 Å². The van der Waals surface area contributed by atoms with E-state index < -0.39 is 10.8 Å². The molecular formula is C18H27IN4OS. The van der Waals surface area contributed by atoms with Gasteiger partial charge in [-0.05, 0) is 38.5 Å². The minimum atomic E-state index is -0.868. The molecule has 0 bridgehead atoms. The molecule has 7 heteroatoms. The molecule has 1 aromatic carbocycles. The van der Waals surface area contributed by atoms with Gasteiger partial charge in [0.25, 0.3) is 0 Å². The van der Waals surface area contributed by atoms with Crippen molar-refractivity contribution in [1.29, 1.82) is 0 Å². The van der Waals surface area contributed by atoms with Crippen molar-refractivity contribution in [2.45, 2.75) is 32.1 Å². The SMILES string of the molecule is CN=C(NCCS(=O)C(C)(C)C)NCc1ccnc2ccccc12.I. The van der Waals surface area contributed by atoms with E-state index in [1.807, 2.05) is 51.2 Å². The number of aliphatic imine (C=N–C) groups is 1. The highest BCUT2D eigenvalue weighted by molar-refractivity contribution is 14.0. The summed E-state index contributed by atoms with van der Waals surface area (Å²) in [7, 11) is 0.869. The van der Waals surface area contributed by atoms with Crippen LogP contribution in [0.4, 0.5) is 0 Å². The Labute approximate surface area is 169 Å². The lowest BCUT2D eigenvalue weighted by Gasteiger charge is -2.18. The number of pyridine rings is 1. The second kappa shape index (κ2) is 10.1. The summed E-state index contributed by atoms with van der Waals surface area (Å²) < 4.78 is 11.9. The third-order valence-electron chi connectivity index (χ3n) is 3.67. The number of nitrogens with one attached hydrogen (secondary N) is 2. The maximum atomic E-state index is 12.1. The van der Waals surface area contributed by atoms with Crippen LogP contribution in [-0.4, -0.2) is 39.2 Å². The van der Waals surface area contributed by atoms with Crippen molar-refractivity contribution in [1.82, 2.24) is 15.6 Å². The van der Waals surface area contributed by atoms with Crippen LogP contribution in [-0.2, 0) is 17.3 Å². The Bertz CT molecular complexity index is 738. The first-order valence-corrected chi connectivity index (χ1v) is 9.39. The lowest BCUT2D eigenvalue weighted by molar-refractivity contribution is 0.647. The predicted molar refractivity (Wildman–Crippen MR) is 118 cm³/mol. The average Bonchev–Trinajstić information content (AvgIpc) is 2.56. The van der Waals surface area contributed by atoms with Crippen LogP contribution in [0, 0.1) is 0 Å². The lowest BCUT2D eigenvalue weighted by Crippen LogP contribution is -2.40. The third-order valence-corrected chi connectivity index (χ3v) is 5.61. The summed E-state index contributed by atoms with van der Waals surface area (Å²) in [5.41, 5.74) is 2.15. The first-order valence-electron chi connectivity index (χ1n) is 8.07.